The summed E-state index contributed by atoms with van der Waals surface area (Å²) in [4.78, 5) is 3.95. The van der Waals surface area contributed by atoms with Gasteiger partial charge in [-0.3, -0.25) is 4.98 Å². The molecular formula is C13H10ClN. The van der Waals surface area contributed by atoms with Crippen LogP contribution in [0.4, 0.5) is 0 Å². The Bertz CT molecular complexity index is 448. The van der Waals surface area contributed by atoms with Gasteiger partial charge in [0.25, 0.3) is 0 Å². The monoisotopic (exact) mass is 215 g/mol. The van der Waals surface area contributed by atoms with Crippen LogP contribution in [0.25, 0.3) is 11.1 Å². The van der Waals surface area contributed by atoms with Crippen LogP contribution >= 0.6 is 11.6 Å². The van der Waals surface area contributed by atoms with Crippen molar-refractivity contribution >= 4 is 22.7 Å². The van der Waals surface area contributed by atoms with Gasteiger partial charge < -0.3 is 0 Å². The summed E-state index contributed by atoms with van der Waals surface area (Å²) in [6, 6.07) is 13.8. The first-order valence-electron chi connectivity index (χ1n) is 4.69. The number of halogens is 1. The minimum Gasteiger partial charge on any atom is -0.265 e. The molecule has 0 bridgehead atoms. The molecule has 0 aliphatic carbocycles. The summed E-state index contributed by atoms with van der Waals surface area (Å²) in [5.74, 6) is 0. The lowest BCUT2D eigenvalue weighted by Crippen LogP contribution is -1.78. The summed E-state index contributed by atoms with van der Waals surface area (Å²) in [6.45, 7) is 0. The van der Waals surface area contributed by atoms with Crippen molar-refractivity contribution in [3.63, 3.8) is 0 Å². The van der Waals surface area contributed by atoms with Crippen molar-refractivity contribution in [2.45, 2.75) is 0 Å². The first-order valence-corrected chi connectivity index (χ1v) is 5.07. The van der Waals surface area contributed by atoms with Gasteiger partial charge in [0, 0.05) is 17.4 Å². The Morgan fingerprint density at radius 2 is 1.67 bits per heavy atom. The fraction of sp³-hybridized carbons (Fsp3) is 0. The second kappa shape index (κ2) is 4.76. The predicted octanol–water partition coefficient (Wildman–Crippen LogP) is 3.82. The van der Waals surface area contributed by atoms with Gasteiger partial charge in [-0.05, 0) is 29.3 Å². The van der Waals surface area contributed by atoms with E-state index in [1.807, 2.05) is 48.5 Å². The van der Waals surface area contributed by atoms with Crippen molar-refractivity contribution in [2.75, 3.05) is 0 Å². The smallest absolute Gasteiger partial charge is 0.0485 e. The molecule has 0 amide bonds. The Morgan fingerprint density at radius 1 is 1.00 bits per heavy atom. The lowest BCUT2D eigenvalue weighted by molar-refractivity contribution is 1.32. The largest absolute Gasteiger partial charge is 0.265 e. The maximum absolute atomic E-state index is 6.17. The Balaban J connectivity index is 2.29. The molecule has 0 N–H and O–H groups in total. The second-order valence-corrected chi connectivity index (χ2v) is 3.55. The van der Waals surface area contributed by atoms with Crippen molar-refractivity contribution < 1.29 is 0 Å². The topological polar surface area (TPSA) is 12.9 Å². The highest BCUT2D eigenvalue weighted by atomic mass is 35.5. The van der Waals surface area contributed by atoms with Gasteiger partial charge in [0.15, 0.2) is 0 Å². The average Bonchev–Trinajstić information content (AvgIpc) is 2.31. The lowest BCUT2D eigenvalue weighted by atomic mass is 10.1. The van der Waals surface area contributed by atoms with Gasteiger partial charge in [0.2, 0.25) is 0 Å². The summed E-state index contributed by atoms with van der Waals surface area (Å²) in [5, 5.41) is 0.726. The standard InChI is InChI=1S/C13H10ClN/c14-13(12-6-8-15-9-7-12)10-11-4-2-1-3-5-11/h1-10H. The molecule has 2 aromatic rings. The fourth-order valence-corrected chi connectivity index (χ4v) is 1.54. The van der Waals surface area contributed by atoms with Crippen LogP contribution in [0.5, 0.6) is 0 Å². The van der Waals surface area contributed by atoms with Gasteiger partial charge in [-0.2, -0.15) is 0 Å². The molecule has 0 spiro atoms. The molecule has 1 aromatic carbocycles. The van der Waals surface area contributed by atoms with Crippen LogP contribution in [0.15, 0.2) is 54.9 Å². The summed E-state index contributed by atoms with van der Waals surface area (Å²) in [7, 11) is 0. The van der Waals surface area contributed by atoms with Crippen LogP contribution in [0.1, 0.15) is 11.1 Å². The van der Waals surface area contributed by atoms with Crippen molar-refractivity contribution in [1.82, 2.24) is 4.98 Å². The molecule has 0 unspecified atom stereocenters. The van der Waals surface area contributed by atoms with Crippen molar-refractivity contribution in [3.05, 3.63) is 66.0 Å². The van der Waals surface area contributed by atoms with Gasteiger partial charge >= 0.3 is 0 Å². The minimum atomic E-state index is 0.726. The zero-order valence-corrected chi connectivity index (χ0v) is 8.85. The highest BCUT2D eigenvalue weighted by molar-refractivity contribution is 6.51. The molecule has 0 radical (unpaired) electrons. The number of hydrogen-bond acceptors (Lipinski definition) is 1. The summed E-state index contributed by atoms with van der Waals surface area (Å²) in [5.41, 5.74) is 2.08. The maximum atomic E-state index is 6.17. The molecule has 1 heterocycles. The quantitative estimate of drug-likeness (QED) is 0.742. The highest BCUT2D eigenvalue weighted by Gasteiger charge is 1.96. The molecule has 0 aliphatic heterocycles. The Labute approximate surface area is 94.1 Å². The maximum Gasteiger partial charge on any atom is 0.0485 e. The number of hydrogen-bond donors (Lipinski definition) is 0. The van der Waals surface area contributed by atoms with Crippen LogP contribution in [-0.4, -0.2) is 4.98 Å². The third-order valence-electron chi connectivity index (χ3n) is 2.05. The first-order chi connectivity index (χ1) is 7.36. The van der Waals surface area contributed by atoms with E-state index in [0.29, 0.717) is 0 Å². The molecule has 0 saturated carbocycles. The van der Waals surface area contributed by atoms with Crippen molar-refractivity contribution in [3.8, 4) is 0 Å². The fourth-order valence-electron chi connectivity index (χ4n) is 1.29. The molecule has 0 aliphatic rings. The third-order valence-corrected chi connectivity index (χ3v) is 2.38. The van der Waals surface area contributed by atoms with E-state index in [4.69, 9.17) is 11.6 Å². The molecule has 2 heteroatoms. The van der Waals surface area contributed by atoms with Gasteiger partial charge in [0.05, 0.1) is 0 Å². The van der Waals surface area contributed by atoms with Gasteiger partial charge in [0.1, 0.15) is 0 Å². The van der Waals surface area contributed by atoms with E-state index < -0.39 is 0 Å². The number of pyridine rings is 1. The van der Waals surface area contributed by atoms with E-state index in [1.165, 1.54) is 0 Å². The second-order valence-electron chi connectivity index (χ2n) is 3.14. The van der Waals surface area contributed by atoms with E-state index in [2.05, 4.69) is 4.98 Å². The Morgan fingerprint density at radius 3 is 2.33 bits per heavy atom. The van der Waals surface area contributed by atoms with E-state index in [0.717, 1.165) is 16.2 Å². The molecule has 0 atom stereocenters. The number of rotatable bonds is 2. The van der Waals surface area contributed by atoms with Gasteiger partial charge in [-0.15, -0.1) is 0 Å². The summed E-state index contributed by atoms with van der Waals surface area (Å²) in [6.07, 6.45) is 5.41. The van der Waals surface area contributed by atoms with Crippen LogP contribution in [0.2, 0.25) is 0 Å². The number of benzene rings is 1. The summed E-state index contributed by atoms with van der Waals surface area (Å²) < 4.78 is 0. The summed E-state index contributed by atoms with van der Waals surface area (Å²) >= 11 is 6.17. The van der Waals surface area contributed by atoms with Gasteiger partial charge in [-0.1, -0.05) is 41.9 Å². The van der Waals surface area contributed by atoms with Crippen LogP contribution in [-0.2, 0) is 0 Å². The minimum absolute atomic E-state index is 0.726. The average molecular weight is 216 g/mol. The number of aromatic nitrogens is 1. The molecule has 15 heavy (non-hydrogen) atoms. The third kappa shape index (κ3) is 2.67. The van der Waals surface area contributed by atoms with Crippen molar-refractivity contribution in [2.24, 2.45) is 0 Å². The molecule has 1 aromatic heterocycles. The van der Waals surface area contributed by atoms with Crippen LogP contribution in [0.3, 0.4) is 0 Å². The Hall–Kier alpha value is -1.60. The zero-order valence-electron chi connectivity index (χ0n) is 8.10. The van der Waals surface area contributed by atoms with Crippen LogP contribution in [0, 0.1) is 0 Å². The van der Waals surface area contributed by atoms with Crippen LogP contribution < -0.4 is 0 Å². The Kier molecular flexibility index (Phi) is 3.15. The first kappa shape index (κ1) is 9.94. The van der Waals surface area contributed by atoms with E-state index in [9.17, 15) is 0 Å². The highest BCUT2D eigenvalue weighted by Crippen LogP contribution is 2.20. The predicted molar refractivity (Wildman–Crippen MR) is 64.4 cm³/mol. The zero-order chi connectivity index (χ0) is 10.5. The molecule has 0 fully saturated rings. The van der Waals surface area contributed by atoms with E-state index in [-0.39, 0.29) is 0 Å². The molecule has 2 rings (SSSR count). The molecule has 0 saturated heterocycles. The molecule has 1 nitrogen and oxygen atoms in total. The van der Waals surface area contributed by atoms with Crippen molar-refractivity contribution in [1.29, 1.82) is 0 Å². The number of nitrogens with zero attached hydrogens (tertiary/aromatic N) is 1. The normalized spacial score (nSPS) is 11.4. The SMILES string of the molecule is ClC(=Cc1ccccc1)c1ccncc1. The molecule has 74 valence electrons. The van der Waals surface area contributed by atoms with Gasteiger partial charge in [-0.25, -0.2) is 0 Å². The van der Waals surface area contributed by atoms with E-state index in [1.54, 1.807) is 12.4 Å². The lowest BCUT2D eigenvalue weighted by Gasteiger charge is -1.98. The molecular weight excluding hydrogens is 206 g/mol. The van der Waals surface area contributed by atoms with E-state index >= 15 is 0 Å².